The molecule has 4 rings (SSSR count). The van der Waals surface area contributed by atoms with Gasteiger partial charge < -0.3 is 10.2 Å². The van der Waals surface area contributed by atoms with Gasteiger partial charge in [-0.15, -0.1) is 12.4 Å². The first kappa shape index (κ1) is 18.0. The van der Waals surface area contributed by atoms with Crippen LogP contribution in [0.3, 0.4) is 0 Å². The summed E-state index contributed by atoms with van der Waals surface area (Å²) in [6, 6.07) is 9.99. The van der Waals surface area contributed by atoms with Gasteiger partial charge in [-0.05, 0) is 48.9 Å². The zero-order chi connectivity index (χ0) is 16.4. The monoisotopic (exact) mass is 360 g/mol. The molecule has 0 unspecified atom stereocenters. The van der Waals surface area contributed by atoms with Gasteiger partial charge in [0.15, 0.2) is 0 Å². The van der Waals surface area contributed by atoms with Gasteiger partial charge in [0.25, 0.3) is 0 Å². The topological polar surface area (TPSA) is 50.2 Å². The predicted octanol–water partition coefficient (Wildman–Crippen LogP) is 2.44. The number of halogens is 1. The lowest BCUT2D eigenvalue weighted by Gasteiger charge is -2.38. The molecule has 0 saturated carbocycles. The van der Waals surface area contributed by atoms with E-state index in [1.54, 1.807) is 6.20 Å². The third kappa shape index (κ3) is 3.88. The summed E-state index contributed by atoms with van der Waals surface area (Å²) in [6.45, 7) is 4.05. The Morgan fingerprint density at radius 3 is 2.60 bits per heavy atom. The summed E-state index contributed by atoms with van der Waals surface area (Å²) >= 11 is 0. The standard InChI is InChI=1S/C19H24N4O.ClH/c24-18(22-10-7-19(8-11-22)6-9-20-15-19)12-16-13-21-23(14-16)17-4-2-1-3-5-17;/h1-5,13-14,20H,6-12,15H2;1H. The molecule has 0 bridgehead atoms. The summed E-state index contributed by atoms with van der Waals surface area (Å²) in [5, 5.41) is 7.85. The molecule has 2 aromatic rings. The van der Waals surface area contributed by atoms with Crippen LogP contribution < -0.4 is 5.32 Å². The van der Waals surface area contributed by atoms with E-state index in [0.717, 1.165) is 50.3 Å². The van der Waals surface area contributed by atoms with Crippen molar-refractivity contribution in [3.63, 3.8) is 0 Å². The van der Waals surface area contributed by atoms with Gasteiger partial charge in [0.2, 0.25) is 5.91 Å². The molecule has 1 aromatic carbocycles. The highest BCUT2D eigenvalue weighted by molar-refractivity contribution is 5.85. The fourth-order valence-electron chi connectivity index (χ4n) is 3.91. The van der Waals surface area contributed by atoms with Crippen molar-refractivity contribution in [2.45, 2.75) is 25.7 Å². The number of amides is 1. The summed E-state index contributed by atoms with van der Waals surface area (Å²) < 4.78 is 1.83. The van der Waals surface area contributed by atoms with Gasteiger partial charge in [-0.25, -0.2) is 4.68 Å². The average molecular weight is 361 g/mol. The molecule has 1 amide bonds. The number of carbonyl (C=O) groups excluding carboxylic acids is 1. The number of hydrogen-bond acceptors (Lipinski definition) is 3. The fraction of sp³-hybridized carbons (Fsp3) is 0.474. The highest BCUT2D eigenvalue weighted by Crippen LogP contribution is 2.36. The van der Waals surface area contributed by atoms with Crippen LogP contribution in [0, 0.1) is 5.41 Å². The summed E-state index contributed by atoms with van der Waals surface area (Å²) in [6.07, 6.45) is 7.73. The van der Waals surface area contributed by atoms with E-state index in [4.69, 9.17) is 0 Å². The third-order valence-corrected chi connectivity index (χ3v) is 5.52. The Kier molecular flexibility index (Phi) is 5.45. The second-order valence-corrected chi connectivity index (χ2v) is 7.11. The van der Waals surface area contributed by atoms with Crippen LogP contribution in [0.15, 0.2) is 42.7 Å². The highest BCUT2D eigenvalue weighted by atomic mass is 35.5. The third-order valence-electron chi connectivity index (χ3n) is 5.52. The van der Waals surface area contributed by atoms with Gasteiger partial charge in [-0.2, -0.15) is 5.10 Å². The quantitative estimate of drug-likeness (QED) is 0.914. The molecule has 1 aromatic heterocycles. The zero-order valence-corrected chi connectivity index (χ0v) is 15.2. The Balaban J connectivity index is 0.00000182. The van der Waals surface area contributed by atoms with Gasteiger partial charge in [-0.3, -0.25) is 4.79 Å². The normalized spacial score (nSPS) is 19.0. The molecule has 1 N–H and O–H groups in total. The molecule has 134 valence electrons. The zero-order valence-electron chi connectivity index (χ0n) is 14.4. The predicted molar refractivity (Wildman–Crippen MR) is 100 cm³/mol. The van der Waals surface area contributed by atoms with Crippen molar-refractivity contribution < 1.29 is 4.79 Å². The summed E-state index contributed by atoms with van der Waals surface area (Å²) in [5.74, 6) is 0.225. The molecule has 6 heteroatoms. The largest absolute Gasteiger partial charge is 0.342 e. The van der Waals surface area contributed by atoms with Crippen LogP contribution in [0.25, 0.3) is 5.69 Å². The molecular weight excluding hydrogens is 336 g/mol. The van der Waals surface area contributed by atoms with Crippen LogP contribution in [0.1, 0.15) is 24.8 Å². The molecule has 25 heavy (non-hydrogen) atoms. The molecule has 2 aliphatic heterocycles. The maximum absolute atomic E-state index is 12.6. The number of para-hydroxylation sites is 1. The molecule has 2 fully saturated rings. The van der Waals surface area contributed by atoms with Crippen LogP contribution in [0.5, 0.6) is 0 Å². The lowest BCUT2D eigenvalue weighted by Crippen LogP contribution is -2.44. The Labute approximate surface area is 154 Å². The maximum Gasteiger partial charge on any atom is 0.227 e. The van der Waals surface area contributed by atoms with Crippen LogP contribution in [-0.4, -0.2) is 46.8 Å². The molecule has 1 spiro atoms. The van der Waals surface area contributed by atoms with Crippen LogP contribution in [0.4, 0.5) is 0 Å². The lowest BCUT2D eigenvalue weighted by molar-refractivity contribution is -0.132. The van der Waals surface area contributed by atoms with Gasteiger partial charge in [0, 0.05) is 25.8 Å². The van der Waals surface area contributed by atoms with Crippen molar-refractivity contribution >= 4 is 18.3 Å². The number of aromatic nitrogens is 2. The van der Waals surface area contributed by atoms with E-state index in [1.165, 1.54) is 6.42 Å². The van der Waals surface area contributed by atoms with Gasteiger partial charge in [0.05, 0.1) is 18.3 Å². The second kappa shape index (κ2) is 7.58. The SMILES string of the molecule is Cl.O=C(Cc1cnn(-c2ccccc2)c1)N1CCC2(CCNC2)CC1. The summed E-state index contributed by atoms with van der Waals surface area (Å²) in [7, 11) is 0. The molecule has 0 radical (unpaired) electrons. The van der Waals surface area contributed by atoms with Crippen molar-refractivity contribution in [2.75, 3.05) is 26.2 Å². The number of carbonyl (C=O) groups is 1. The molecule has 2 saturated heterocycles. The van der Waals surface area contributed by atoms with Crippen LogP contribution in [-0.2, 0) is 11.2 Å². The minimum Gasteiger partial charge on any atom is -0.342 e. The van der Waals surface area contributed by atoms with E-state index in [9.17, 15) is 4.79 Å². The van der Waals surface area contributed by atoms with Crippen molar-refractivity contribution in [1.29, 1.82) is 0 Å². The Morgan fingerprint density at radius 1 is 1.16 bits per heavy atom. The van der Waals surface area contributed by atoms with E-state index in [-0.39, 0.29) is 18.3 Å². The number of likely N-dealkylation sites (tertiary alicyclic amines) is 1. The smallest absolute Gasteiger partial charge is 0.227 e. The minimum absolute atomic E-state index is 0. The van der Waals surface area contributed by atoms with Crippen molar-refractivity contribution in [1.82, 2.24) is 20.0 Å². The van der Waals surface area contributed by atoms with Gasteiger partial charge >= 0.3 is 0 Å². The van der Waals surface area contributed by atoms with E-state index < -0.39 is 0 Å². The first-order valence-electron chi connectivity index (χ1n) is 8.82. The minimum atomic E-state index is 0. The van der Waals surface area contributed by atoms with Crippen molar-refractivity contribution in [3.05, 3.63) is 48.3 Å². The molecule has 3 heterocycles. The molecule has 0 atom stereocenters. The number of nitrogens with zero attached hydrogens (tertiary/aromatic N) is 3. The number of hydrogen-bond donors (Lipinski definition) is 1. The summed E-state index contributed by atoms with van der Waals surface area (Å²) in [5.41, 5.74) is 2.45. The highest BCUT2D eigenvalue weighted by Gasteiger charge is 2.37. The van der Waals surface area contributed by atoms with Crippen LogP contribution in [0.2, 0.25) is 0 Å². The van der Waals surface area contributed by atoms with Gasteiger partial charge in [0.1, 0.15) is 0 Å². The molecule has 0 aliphatic carbocycles. The molecule has 5 nitrogen and oxygen atoms in total. The van der Waals surface area contributed by atoms with Crippen molar-refractivity contribution in [2.24, 2.45) is 5.41 Å². The first-order chi connectivity index (χ1) is 11.7. The Morgan fingerprint density at radius 2 is 1.92 bits per heavy atom. The maximum atomic E-state index is 12.6. The second-order valence-electron chi connectivity index (χ2n) is 7.11. The van der Waals surface area contributed by atoms with E-state index >= 15 is 0 Å². The molecular formula is C19H25ClN4O. The van der Waals surface area contributed by atoms with E-state index in [2.05, 4.69) is 10.4 Å². The van der Waals surface area contributed by atoms with Crippen LogP contribution >= 0.6 is 12.4 Å². The number of benzene rings is 1. The van der Waals surface area contributed by atoms with Crippen molar-refractivity contribution in [3.8, 4) is 5.69 Å². The first-order valence-corrected chi connectivity index (χ1v) is 8.82. The summed E-state index contributed by atoms with van der Waals surface area (Å²) in [4.78, 5) is 14.6. The van der Waals surface area contributed by atoms with E-state index in [1.807, 2.05) is 46.1 Å². The molecule has 2 aliphatic rings. The van der Waals surface area contributed by atoms with E-state index in [0.29, 0.717) is 11.8 Å². The average Bonchev–Trinajstić information content (AvgIpc) is 3.26. The van der Waals surface area contributed by atoms with Gasteiger partial charge in [-0.1, -0.05) is 18.2 Å². The number of piperidine rings is 1. The lowest BCUT2D eigenvalue weighted by atomic mass is 9.78. The number of nitrogens with one attached hydrogen (secondary N) is 1. The fourth-order valence-corrected chi connectivity index (χ4v) is 3.91. The Hall–Kier alpha value is -1.85. The number of rotatable bonds is 3. The Bertz CT molecular complexity index is 699.